The van der Waals surface area contributed by atoms with Gasteiger partial charge in [0.1, 0.15) is 0 Å². The first-order valence-electron chi connectivity index (χ1n) is 4.91. The fraction of sp³-hybridized carbons (Fsp3) is 0.364. The third-order valence-electron chi connectivity index (χ3n) is 2.01. The molecule has 0 saturated carbocycles. The van der Waals surface area contributed by atoms with Crippen LogP contribution in [0.15, 0.2) is 23.1 Å². The second-order valence-electron chi connectivity index (χ2n) is 3.27. The number of carbonyl (C=O) groups is 1. The number of halogens is 1. The lowest BCUT2D eigenvalue weighted by Gasteiger charge is -2.06. The summed E-state index contributed by atoms with van der Waals surface area (Å²) in [6.07, 6.45) is 0.778. The molecule has 0 saturated heterocycles. The molecule has 16 heavy (non-hydrogen) atoms. The summed E-state index contributed by atoms with van der Waals surface area (Å²) in [7, 11) is 1.63. The molecular weight excluding hydrogens is 246 g/mol. The Balaban J connectivity index is 2.55. The van der Waals surface area contributed by atoms with Gasteiger partial charge in [-0.25, -0.2) is 0 Å². The third-order valence-corrected chi connectivity index (χ3v) is 2.61. The molecule has 0 heterocycles. The van der Waals surface area contributed by atoms with Crippen molar-refractivity contribution in [3.8, 4) is 0 Å². The van der Waals surface area contributed by atoms with Crippen LogP contribution in [0, 0.1) is 0 Å². The number of rotatable bonds is 5. The normalized spacial score (nSPS) is 10.2. The topological polar surface area (TPSA) is 38.3 Å². The van der Waals surface area contributed by atoms with Crippen molar-refractivity contribution in [2.24, 2.45) is 0 Å². The molecule has 0 bridgehead atoms. The molecule has 1 rings (SSSR count). The molecular formula is C11H14ClNO2S. The van der Waals surface area contributed by atoms with Gasteiger partial charge in [0.2, 0.25) is 0 Å². The van der Waals surface area contributed by atoms with Crippen LogP contribution in [0.4, 0.5) is 0 Å². The standard InChI is InChI=1S/C11H14ClNO2S/c1-15-6-2-5-13-11(14)9-7-8(16)3-4-10(9)12/h3-4,7,16H,2,5-6H2,1H3,(H,13,14). The van der Waals surface area contributed by atoms with Crippen LogP contribution in [-0.4, -0.2) is 26.2 Å². The minimum Gasteiger partial charge on any atom is -0.385 e. The second-order valence-corrected chi connectivity index (χ2v) is 4.19. The number of ether oxygens (including phenoxy) is 1. The quantitative estimate of drug-likeness (QED) is 0.630. The fourth-order valence-corrected chi connectivity index (χ4v) is 1.61. The zero-order chi connectivity index (χ0) is 12.0. The molecule has 3 nitrogen and oxygen atoms in total. The van der Waals surface area contributed by atoms with E-state index in [1.165, 1.54) is 0 Å². The maximum Gasteiger partial charge on any atom is 0.252 e. The molecule has 5 heteroatoms. The van der Waals surface area contributed by atoms with Gasteiger partial charge in [0.05, 0.1) is 10.6 Å². The van der Waals surface area contributed by atoms with Gasteiger partial charge in [-0.3, -0.25) is 4.79 Å². The van der Waals surface area contributed by atoms with E-state index in [2.05, 4.69) is 17.9 Å². The highest BCUT2D eigenvalue weighted by atomic mass is 35.5. The molecule has 0 fully saturated rings. The molecule has 0 aliphatic heterocycles. The summed E-state index contributed by atoms with van der Waals surface area (Å²) in [5.74, 6) is -0.183. The number of amides is 1. The second kappa shape index (κ2) is 6.78. The maximum atomic E-state index is 11.7. The molecule has 0 aliphatic rings. The van der Waals surface area contributed by atoms with Gasteiger partial charge in [-0.1, -0.05) is 11.6 Å². The molecule has 0 radical (unpaired) electrons. The van der Waals surface area contributed by atoms with Crippen LogP contribution < -0.4 is 5.32 Å². The van der Waals surface area contributed by atoms with Crippen molar-refractivity contribution in [2.75, 3.05) is 20.3 Å². The monoisotopic (exact) mass is 259 g/mol. The van der Waals surface area contributed by atoms with Gasteiger partial charge in [-0.05, 0) is 24.6 Å². The highest BCUT2D eigenvalue weighted by molar-refractivity contribution is 7.80. The smallest absolute Gasteiger partial charge is 0.252 e. The summed E-state index contributed by atoms with van der Waals surface area (Å²) in [4.78, 5) is 12.4. The molecule has 0 unspecified atom stereocenters. The van der Waals surface area contributed by atoms with E-state index in [4.69, 9.17) is 16.3 Å². The molecule has 0 aliphatic carbocycles. The van der Waals surface area contributed by atoms with E-state index in [-0.39, 0.29) is 5.91 Å². The Morgan fingerprint density at radius 1 is 1.56 bits per heavy atom. The Kier molecular flexibility index (Phi) is 5.66. The van der Waals surface area contributed by atoms with Crippen molar-refractivity contribution in [3.05, 3.63) is 28.8 Å². The lowest BCUT2D eigenvalue weighted by atomic mass is 10.2. The van der Waals surface area contributed by atoms with Crippen LogP contribution in [0.3, 0.4) is 0 Å². The number of methoxy groups -OCH3 is 1. The summed E-state index contributed by atoms with van der Waals surface area (Å²) < 4.78 is 4.88. The Hall–Kier alpha value is -0.710. The van der Waals surface area contributed by atoms with Gasteiger partial charge in [0.15, 0.2) is 0 Å². The maximum absolute atomic E-state index is 11.7. The number of thiol groups is 1. The van der Waals surface area contributed by atoms with E-state index in [0.29, 0.717) is 28.6 Å². The lowest BCUT2D eigenvalue weighted by Crippen LogP contribution is -2.25. The van der Waals surface area contributed by atoms with E-state index in [9.17, 15) is 4.79 Å². The first-order chi connectivity index (χ1) is 7.65. The Morgan fingerprint density at radius 3 is 3.00 bits per heavy atom. The molecule has 0 aromatic heterocycles. The van der Waals surface area contributed by atoms with Crippen molar-refractivity contribution in [3.63, 3.8) is 0 Å². The highest BCUT2D eigenvalue weighted by Crippen LogP contribution is 2.19. The van der Waals surface area contributed by atoms with Crippen LogP contribution >= 0.6 is 24.2 Å². The van der Waals surface area contributed by atoms with Crippen molar-refractivity contribution >= 4 is 30.1 Å². The average Bonchev–Trinajstić information content (AvgIpc) is 2.27. The Bertz CT molecular complexity index is 371. The molecule has 1 amide bonds. The average molecular weight is 260 g/mol. The molecule has 1 aromatic rings. The van der Waals surface area contributed by atoms with Gasteiger partial charge < -0.3 is 10.1 Å². The first kappa shape index (κ1) is 13.4. The van der Waals surface area contributed by atoms with Crippen LogP contribution in [0.25, 0.3) is 0 Å². The summed E-state index contributed by atoms with van der Waals surface area (Å²) >= 11 is 10.1. The number of nitrogens with one attached hydrogen (secondary N) is 1. The zero-order valence-corrected chi connectivity index (χ0v) is 10.6. The molecule has 1 N–H and O–H groups in total. The van der Waals surface area contributed by atoms with E-state index < -0.39 is 0 Å². The SMILES string of the molecule is COCCCNC(=O)c1cc(S)ccc1Cl. The Labute approximate surface area is 106 Å². The predicted octanol–water partition coefficient (Wildman–Crippen LogP) is 2.39. The number of carbonyl (C=O) groups excluding carboxylic acids is 1. The van der Waals surface area contributed by atoms with Crippen LogP contribution in [-0.2, 0) is 4.74 Å². The summed E-state index contributed by atoms with van der Waals surface area (Å²) in [5.41, 5.74) is 0.451. The van der Waals surface area contributed by atoms with E-state index >= 15 is 0 Å². The van der Waals surface area contributed by atoms with Gasteiger partial charge in [-0.2, -0.15) is 0 Å². The summed E-state index contributed by atoms with van der Waals surface area (Å²) in [6.45, 7) is 1.19. The van der Waals surface area contributed by atoms with Crippen molar-refractivity contribution in [1.82, 2.24) is 5.32 Å². The summed E-state index contributed by atoms with van der Waals surface area (Å²) in [6, 6.07) is 5.05. The molecule has 1 aromatic carbocycles. The number of hydrogen-bond acceptors (Lipinski definition) is 3. The van der Waals surface area contributed by atoms with Crippen LogP contribution in [0.1, 0.15) is 16.8 Å². The van der Waals surface area contributed by atoms with Gasteiger partial charge in [0, 0.05) is 25.2 Å². The number of hydrogen-bond donors (Lipinski definition) is 2. The van der Waals surface area contributed by atoms with Crippen molar-refractivity contribution in [1.29, 1.82) is 0 Å². The Morgan fingerprint density at radius 2 is 2.31 bits per heavy atom. The molecule has 0 atom stereocenters. The first-order valence-corrected chi connectivity index (χ1v) is 5.73. The van der Waals surface area contributed by atoms with E-state index in [1.807, 2.05) is 0 Å². The van der Waals surface area contributed by atoms with Crippen LogP contribution in [0.5, 0.6) is 0 Å². The van der Waals surface area contributed by atoms with Gasteiger partial charge >= 0.3 is 0 Å². The molecule has 0 spiro atoms. The van der Waals surface area contributed by atoms with Crippen LogP contribution in [0.2, 0.25) is 5.02 Å². The highest BCUT2D eigenvalue weighted by Gasteiger charge is 2.09. The van der Waals surface area contributed by atoms with E-state index in [0.717, 1.165) is 6.42 Å². The summed E-state index contributed by atoms with van der Waals surface area (Å²) in [5, 5.41) is 3.20. The van der Waals surface area contributed by atoms with Gasteiger partial charge in [0.25, 0.3) is 5.91 Å². The minimum atomic E-state index is -0.183. The van der Waals surface area contributed by atoms with Gasteiger partial charge in [-0.15, -0.1) is 12.6 Å². The number of benzene rings is 1. The van der Waals surface area contributed by atoms with Crippen molar-refractivity contribution < 1.29 is 9.53 Å². The lowest BCUT2D eigenvalue weighted by molar-refractivity contribution is 0.0948. The largest absolute Gasteiger partial charge is 0.385 e. The predicted molar refractivity (Wildman–Crippen MR) is 67.5 cm³/mol. The zero-order valence-electron chi connectivity index (χ0n) is 9.00. The fourth-order valence-electron chi connectivity index (χ4n) is 1.20. The van der Waals surface area contributed by atoms with Crippen molar-refractivity contribution in [2.45, 2.75) is 11.3 Å². The van der Waals surface area contributed by atoms with E-state index in [1.54, 1.807) is 25.3 Å². The molecule has 88 valence electrons. The third kappa shape index (κ3) is 4.04. The minimum absolute atomic E-state index is 0.183.